The molecule has 3 amide bonds. The minimum atomic E-state index is -1.21. The van der Waals surface area contributed by atoms with Gasteiger partial charge in [-0.05, 0) is 37.0 Å². The lowest BCUT2D eigenvalue weighted by molar-refractivity contribution is -0.142. The summed E-state index contributed by atoms with van der Waals surface area (Å²) in [5.41, 5.74) is 7.87. The molecule has 3 rings (SSSR count). The lowest BCUT2D eigenvalue weighted by Crippen LogP contribution is -2.57. The number of nitrogens with one attached hydrogen (secondary N) is 5. The molecule has 2 aromatic heterocycles. The fourth-order valence-electron chi connectivity index (χ4n) is 3.90. The number of aromatic nitrogens is 3. The van der Waals surface area contributed by atoms with Gasteiger partial charge < -0.3 is 36.8 Å². The third kappa shape index (κ3) is 7.83. The number of amides is 3. The number of aromatic amines is 2. The first-order valence-electron chi connectivity index (χ1n) is 12.1. The SMILES string of the molecule is CSCCC(NC(=O)C(Cc1cnc[nH]1)NC(=O)C(C)N)C(=O)NC(Cc1c[nH]c2ccccc12)C(=O)O. The summed E-state index contributed by atoms with van der Waals surface area (Å²) < 4.78 is 0. The molecular weight excluding hydrogens is 510 g/mol. The van der Waals surface area contributed by atoms with Crippen molar-refractivity contribution in [2.45, 2.75) is 50.4 Å². The van der Waals surface area contributed by atoms with E-state index in [1.165, 1.54) is 31.2 Å². The zero-order valence-electron chi connectivity index (χ0n) is 21.2. The van der Waals surface area contributed by atoms with Crippen molar-refractivity contribution in [1.29, 1.82) is 0 Å². The number of hydrogen-bond acceptors (Lipinski definition) is 7. The van der Waals surface area contributed by atoms with Gasteiger partial charge >= 0.3 is 5.97 Å². The zero-order valence-corrected chi connectivity index (χ0v) is 22.0. The van der Waals surface area contributed by atoms with Crippen LogP contribution in [0.25, 0.3) is 10.9 Å². The van der Waals surface area contributed by atoms with E-state index in [1.807, 2.05) is 30.5 Å². The van der Waals surface area contributed by atoms with Crippen molar-refractivity contribution in [3.63, 3.8) is 0 Å². The molecule has 204 valence electrons. The molecule has 4 atom stereocenters. The van der Waals surface area contributed by atoms with Crippen molar-refractivity contribution < 1.29 is 24.3 Å². The number of hydrogen-bond donors (Lipinski definition) is 7. The third-order valence-corrected chi connectivity index (χ3v) is 6.63. The van der Waals surface area contributed by atoms with Crippen LogP contribution in [-0.4, -0.2) is 79.9 Å². The van der Waals surface area contributed by atoms with Gasteiger partial charge in [0.2, 0.25) is 17.7 Å². The Morgan fingerprint density at radius 1 is 1.00 bits per heavy atom. The lowest BCUT2D eigenvalue weighted by atomic mass is 10.0. The first kappa shape index (κ1) is 28.7. The Hall–Kier alpha value is -3.84. The Morgan fingerprint density at radius 2 is 1.68 bits per heavy atom. The van der Waals surface area contributed by atoms with Crippen LogP contribution in [0.3, 0.4) is 0 Å². The maximum Gasteiger partial charge on any atom is 0.326 e. The summed E-state index contributed by atoms with van der Waals surface area (Å²) in [6.07, 6.45) is 6.97. The highest BCUT2D eigenvalue weighted by atomic mass is 32.2. The zero-order chi connectivity index (χ0) is 27.7. The molecule has 0 aliphatic rings. The van der Waals surface area contributed by atoms with E-state index in [0.717, 1.165) is 16.5 Å². The molecule has 0 aliphatic carbocycles. The van der Waals surface area contributed by atoms with E-state index in [4.69, 9.17) is 5.73 Å². The Labute approximate surface area is 223 Å². The third-order valence-electron chi connectivity index (χ3n) is 5.98. The molecule has 0 radical (unpaired) electrons. The van der Waals surface area contributed by atoms with Gasteiger partial charge in [-0.25, -0.2) is 9.78 Å². The molecule has 4 unspecified atom stereocenters. The summed E-state index contributed by atoms with van der Waals surface area (Å²) >= 11 is 1.48. The highest BCUT2D eigenvalue weighted by Gasteiger charge is 2.30. The molecule has 0 saturated heterocycles. The van der Waals surface area contributed by atoms with Crippen LogP contribution in [0.2, 0.25) is 0 Å². The van der Waals surface area contributed by atoms with Gasteiger partial charge in [-0.1, -0.05) is 18.2 Å². The fraction of sp³-hybridized carbons (Fsp3) is 0.400. The monoisotopic (exact) mass is 543 g/mol. The maximum absolute atomic E-state index is 13.2. The number of nitrogens with two attached hydrogens (primary N) is 1. The molecule has 38 heavy (non-hydrogen) atoms. The topological polar surface area (TPSA) is 195 Å². The van der Waals surface area contributed by atoms with Crippen LogP contribution in [0.15, 0.2) is 43.0 Å². The molecule has 2 heterocycles. The van der Waals surface area contributed by atoms with E-state index >= 15 is 0 Å². The Balaban J connectivity index is 1.74. The Bertz CT molecular complexity index is 1240. The number of rotatable bonds is 14. The number of H-pyrrole nitrogens is 2. The summed E-state index contributed by atoms with van der Waals surface area (Å²) in [5, 5.41) is 18.6. The number of carbonyl (C=O) groups excluding carboxylic acids is 3. The number of thioether (sulfide) groups is 1. The second-order valence-corrected chi connectivity index (χ2v) is 9.92. The molecule has 3 aromatic rings. The molecule has 12 nitrogen and oxygen atoms in total. The number of carboxylic acid groups (broad SMARTS) is 1. The van der Waals surface area contributed by atoms with E-state index < -0.39 is 47.9 Å². The molecule has 8 N–H and O–H groups in total. The number of imidazole rings is 1. The quantitative estimate of drug-likeness (QED) is 0.151. The Morgan fingerprint density at radius 3 is 2.34 bits per heavy atom. The lowest BCUT2D eigenvalue weighted by Gasteiger charge is -2.24. The van der Waals surface area contributed by atoms with Gasteiger partial charge in [0.15, 0.2) is 0 Å². The van der Waals surface area contributed by atoms with Crippen molar-refractivity contribution in [3.05, 3.63) is 54.2 Å². The van der Waals surface area contributed by atoms with Crippen LogP contribution < -0.4 is 21.7 Å². The molecule has 0 bridgehead atoms. The van der Waals surface area contributed by atoms with Gasteiger partial charge in [0.05, 0.1) is 12.4 Å². The van der Waals surface area contributed by atoms with Gasteiger partial charge in [-0.2, -0.15) is 11.8 Å². The van der Waals surface area contributed by atoms with E-state index in [9.17, 15) is 24.3 Å². The number of fused-ring (bicyclic) bond motifs is 1. The summed E-state index contributed by atoms with van der Waals surface area (Å²) in [5.74, 6) is -2.41. The number of nitrogens with zero attached hydrogens (tertiary/aromatic N) is 1. The van der Waals surface area contributed by atoms with Gasteiger partial charge in [0.1, 0.15) is 18.1 Å². The van der Waals surface area contributed by atoms with Crippen molar-refractivity contribution in [2.24, 2.45) is 5.73 Å². The number of para-hydroxylation sites is 1. The van der Waals surface area contributed by atoms with E-state index in [-0.39, 0.29) is 19.3 Å². The first-order valence-corrected chi connectivity index (χ1v) is 13.5. The maximum atomic E-state index is 13.2. The average Bonchev–Trinajstić information content (AvgIpc) is 3.55. The predicted molar refractivity (Wildman–Crippen MR) is 144 cm³/mol. The summed E-state index contributed by atoms with van der Waals surface area (Å²) in [6.45, 7) is 1.50. The van der Waals surface area contributed by atoms with Crippen molar-refractivity contribution in [2.75, 3.05) is 12.0 Å². The number of carbonyl (C=O) groups is 4. The average molecular weight is 544 g/mol. The van der Waals surface area contributed by atoms with Crippen LogP contribution >= 0.6 is 11.8 Å². The number of aliphatic carboxylic acids is 1. The second-order valence-electron chi connectivity index (χ2n) is 8.94. The summed E-state index contributed by atoms with van der Waals surface area (Å²) in [6, 6.07) is 3.37. The Kier molecular flexibility index (Phi) is 10.3. The van der Waals surface area contributed by atoms with E-state index in [2.05, 4.69) is 30.9 Å². The minimum absolute atomic E-state index is 0.0567. The molecule has 0 spiro atoms. The summed E-state index contributed by atoms with van der Waals surface area (Å²) in [4.78, 5) is 60.7. The second kappa shape index (κ2) is 13.6. The molecule has 1 aromatic carbocycles. The van der Waals surface area contributed by atoms with Crippen LogP contribution in [0, 0.1) is 0 Å². The van der Waals surface area contributed by atoms with Crippen molar-refractivity contribution >= 4 is 46.4 Å². The molecule has 0 saturated carbocycles. The molecule has 13 heteroatoms. The first-order chi connectivity index (χ1) is 18.2. The van der Waals surface area contributed by atoms with Crippen LogP contribution in [0.5, 0.6) is 0 Å². The predicted octanol–water partition coefficient (Wildman–Crippen LogP) is 0.316. The van der Waals surface area contributed by atoms with Gasteiger partial charge in [-0.3, -0.25) is 14.4 Å². The highest BCUT2D eigenvalue weighted by Crippen LogP contribution is 2.19. The van der Waals surface area contributed by atoms with Crippen molar-refractivity contribution in [1.82, 2.24) is 30.9 Å². The number of carboxylic acids is 1. The number of benzene rings is 1. The van der Waals surface area contributed by atoms with Gasteiger partial charge in [0, 0.05) is 41.8 Å². The van der Waals surface area contributed by atoms with Crippen LogP contribution in [-0.2, 0) is 32.0 Å². The smallest absolute Gasteiger partial charge is 0.326 e. The highest BCUT2D eigenvalue weighted by molar-refractivity contribution is 7.98. The van der Waals surface area contributed by atoms with Gasteiger partial charge in [-0.15, -0.1) is 0 Å². The van der Waals surface area contributed by atoms with Gasteiger partial charge in [0.25, 0.3) is 0 Å². The van der Waals surface area contributed by atoms with Crippen molar-refractivity contribution in [3.8, 4) is 0 Å². The summed E-state index contributed by atoms with van der Waals surface area (Å²) in [7, 11) is 0. The van der Waals surface area contributed by atoms with E-state index in [1.54, 1.807) is 6.20 Å². The normalized spacial score (nSPS) is 14.3. The molecule has 0 fully saturated rings. The molecular formula is C25H33N7O5S. The van der Waals surface area contributed by atoms with Crippen LogP contribution in [0.4, 0.5) is 0 Å². The van der Waals surface area contributed by atoms with E-state index in [0.29, 0.717) is 11.4 Å². The molecule has 0 aliphatic heterocycles. The van der Waals surface area contributed by atoms with Crippen LogP contribution in [0.1, 0.15) is 24.6 Å². The fourth-order valence-corrected chi connectivity index (χ4v) is 4.37. The largest absolute Gasteiger partial charge is 0.480 e. The standard InChI is InChI=1S/C25H33N7O5S/c1-14(26)22(33)31-20(10-16-12-27-13-29-16)24(35)30-19(7-8-38-2)23(34)32-21(25(36)37)9-15-11-28-18-6-4-3-5-17(15)18/h3-6,11-14,19-21,28H,7-10,26H2,1-2H3,(H,27,29)(H,30,35)(H,31,33)(H,32,34)(H,36,37). The minimum Gasteiger partial charge on any atom is -0.480 e.